The van der Waals surface area contributed by atoms with Crippen molar-refractivity contribution in [2.24, 2.45) is 0 Å². The number of benzene rings is 2. The lowest BCUT2D eigenvalue weighted by Gasteiger charge is -2.08. The van der Waals surface area contributed by atoms with E-state index in [4.69, 9.17) is 9.47 Å². The number of esters is 1. The van der Waals surface area contributed by atoms with Crippen LogP contribution in [0.2, 0.25) is 0 Å². The molecule has 0 saturated heterocycles. The zero-order chi connectivity index (χ0) is 13.0. The first-order chi connectivity index (χ1) is 8.72. The lowest BCUT2D eigenvalue weighted by molar-refractivity contribution is 0.0726. The molecular formula is C14H12O4. The Bertz CT molecular complexity index is 563. The van der Waals surface area contributed by atoms with Gasteiger partial charge >= 0.3 is 5.97 Å². The van der Waals surface area contributed by atoms with E-state index in [0.29, 0.717) is 11.3 Å². The first-order valence-electron chi connectivity index (χ1n) is 5.35. The van der Waals surface area contributed by atoms with Gasteiger partial charge in [-0.25, -0.2) is 4.79 Å². The fourth-order valence-electron chi connectivity index (χ4n) is 1.51. The number of hydrogen-bond donors (Lipinski definition) is 1. The van der Waals surface area contributed by atoms with Crippen molar-refractivity contribution in [1.82, 2.24) is 0 Å². The summed E-state index contributed by atoms with van der Waals surface area (Å²) in [6, 6.07) is 13.0. The van der Waals surface area contributed by atoms with Crippen LogP contribution in [0.5, 0.6) is 17.2 Å². The van der Waals surface area contributed by atoms with Gasteiger partial charge in [-0.2, -0.15) is 0 Å². The molecule has 2 aromatic carbocycles. The van der Waals surface area contributed by atoms with Crippen LogP contribution in [0.4, 0.5) is 0 Å². The van der Waals surface area contributed by atoms with Gasteiger partial charge in [0, 0.05) is 0 Å². The van der Waals surface area contributed by atoms with E-state index in [9.17, 15) is 9.90 Å². The molecule has 0 atom stereocenters. The van der Waals surface area contributed by atoms with E-state index in [1.165, 1.54) is 19.2 Å². The summed E-state index contributed by atoms with van der Waals surface area (Å²) in [6.07, 6.45) is 0. The fraction of sp³-hybridized carbons (Fsp3) is 0.0714. The normalized spacial score (nSPS) is 9.83. The number of carbonyl (C=O) groups excluding carboxylic acids is 1. The molecule has 4 heteroatoms. The van der Waals surface area contributed by atoms with Crippen LogP contribution in [-0.2, 0) is 0 Å². The molecule has 2 aromatic rings. The van der Waals surface area contributed by atoms with Crippen LogP contribution in [0.15, 0.2) is 48.5 Å². The summed E-state index contributed by atoms with van der Waals surface area (Å²) in [4.78, 5) is 11.9. The monoisotopic (exact) mass is 244 g/mol. The minimum atomic E-state index is -0.575. The van der Waals surface area contributed by atoms with Crippen molar-refractivity contribution in [3.05, 3.63) is 54.1 Å². The van der Waals surface area contributed by atoms with E-state index in [0.717, 1.165) is 0 Å². The van der Waals surface area contributed by atoms with Crippen molar-refractivity contribution in [1.29, 1.82) is 0 Å². The highest BCUT2D eigenvalue weighted by Gasteiger charge is 2.15. The Morgan fingerprint density at radius 2 is 1.61 bits per heavy atom. The van der Waals surface area contributed by atoms with Gasteiger partial charge in [0.2, 0.25) is 0 Å². The topological polar surface area (TPSA) is 55.8 Å². The molecule has 2 rings (SSSR count). The number of para-hydroxylation sites is 3. The van der Waals surface area contributed by atoms with Crippen molar-refractivity contribution in [3.8, 4) is 17.2 Å². The zero-order valence-corrected chi connectivity index (χ0v) is 9.79. The lowest BCUT2D eigenvalue weighted by Crippen LogP contribution is -2.10. The number of hydrogen-bond acceptors (Lipinski definition) is 4. The molecular weight excluding hydrogens is 232 g/mol. The predicted octanol–water partition coefficient (Wildman–Crippen LogP) is 2.62. The van der Waals surface area contributed by atoms with Crippen LogP contribution in [0.3, 0.4) is 0 Å². The highest BCUT2D eigenvalue weighted by molar-refractivity contribution is 5.94. The van der Waals surface area contributed by atoms with E-state index < -0.39 is 5.97 Å². The second-order valence-corrected chi connectivity index (χ2v) is 3.56. The quantitative estimate of drug-likeness (QED) is 0.666. The highest BCUT2D eigenvalue weighted by Crippen LogP contribution is 2.26. The maximum Gasteiger partial charge on any atom is 0.347 e. The largest absolute Gasteiger partial charge is 0.504 e. The van der Waals surface area contributed by atoms with Gasteiger partial charge in [-0.3, -0.25) is 0 Å². The molecule has 0 radical (unpaired) electrons. The van der Waals surface area contributed by atoms with Crippen LogP contribution < -0.4 is 9.47 Å². The standard InChI is InChI=1S/C14H12O4/c1-17-12-8-4-2-6-10(12)14(16)18-13-9-5-3-7-11(13)15/h2-9,15H,1H3. The van der Waals surface area contributed by atoms with E-state index >= 15 is 0 Å². The summed E-state index contributed by atoms with van der Waals surface area (Å²) >= 11 is 0. The van der Waals surface area contributed by atoms with Crippen LogP contribution >= 0.6 is 0 Å². The maximum atomic E-state index is 11.9. The van der Waals surface area contributed by atoms with Crippen LogP contribution in [0.25, 0.3) is 0 Å². The van der Waals surface area contributed by atoms with Crippen LogP contribution in [0.1, 0.15) is 10.4 Å². The molecule has 0 bridgehead atoms. The third-order valence-corrected chi connectivity index (χ3v) is 2.39. The number of phenols is 1. The van der Waals surface area contributed by atoms with Crippen LogP contribution in [-0.4, -0.2) is 18.2 Å². The molecule has 0 aromatic heterocycles. The summed E-state index contributed by atoms with van der Waals surface area (Å²) in [6.45, 7) is 0. The number of methoxy groups -OCH3 is 1. The minimum Gasteiger partial charge on any atom is -0.504 e. The Kier molecular flexibility index (Phi) is 3.48. The Morgan fingerprint density at radius 1 is 1.00 bits per heavy atom. The molecule has 0 aliphatic heterocycles. The van der Waals surface area contributed by atoms with Crippen LogP contribution in [0, 0.1) is 0 Å². The number of rotatable bonds is 3. The van der Waals surface area contributed by atoms with Gasteiger partial charge in [-0.05, 0) is 24.3 Å². The van der Waals surface area contributed by atoms with Gasteiger partial charge in [0.05, 0.1) is 7.11 Å². The molecule has 0 aliphatic rings. The zero-order valence-electron chi connectivity index (χ0n) is 9.79. The Morgan fingerprint density at radius 3 is 2.28 bits per heavy atom. The Hall–Kier alpha value is -2.49. The van der Waals surface area contributed by atoms with Gasteiger partial charge < -0.3 is 14.6 Å². The van der Waals surface area contributed by atoms with E-state index in [-0.39, 0.29) is 11.5 Å². The van der Waals surface area contributed by atoms with Crippen molar-refractivity contribution >= 4 is 5.97 Å². The number of aromatic hydroxyl groups is 1. The van der Waals surface area contributed by atoms with E-state index in [2.05, 4.69) is 0 Å². The number of phenolic OH excluding ortho intramolecular Hbond substituents is 1. The second kappa shape index (κ2) is 5.23. The fourth-order valence-corrected chi connectivity index (χ4v) is 1.51. The predicted molar refractivity (Wildman–Crippen MR) is 66.1 cm³/mol. The molecule has 0 amide bonds. The first kappa shape index (κ1) is 12.0. The molecule has 1 N–H and O–H groups in total. The summed E-state index contributed by atoms with van der Waals surface area (Å²) < 4.78 is 10.2. The molecule has 18 heavy (non-hydrogen) atoms. The smallest absolute Gasteiger partial charge is 0.347 e. The summed E-state index contributed by atoms with van der Waals surface area (Å²) in [5.74, 6) is -0.110. The third-order valence-electron chi connectivity index (χ3n) is 2.39. The first-order valence-corrected chi connectivity index (χ1v) is 5.35. The van der Waals surface area contributed by atoms with Gasteiger partial charge in [0.25, 0.3) is 0 Å². The Labute approximate surface area is 104 Å². The number of ether oxygens (including phenoxy) is 2. The van der Waals surface area contributed by atoms with E-state index in [1.807, 2.05) is 0 Å². The van der Waals surface area contributed by atoms with Gasteiger partial charge in [0.1, 0.15) is 11.3 Å². The summed E-state index contributed by atoms with van der Waals surface area (Å²) in [7, 11) is 1.48. The molecule has 4 nitrogen and oxygen atoms in total. The van der Waals surface area contributed by atoms with Crippen molar-refractivity contribution in [2.75, 3.05) is 7.11 Å². The lowest BCUT2D eigenvalue weighted by atomic mass is 10.2. The average molecular weight is 244 g/mol. The summed E-state index contributed by atoms with van der Waals surface area (Å²) in [5.41, 5.74) is 0.309. The number of carbonyl (C=O) groups is 1. The second-order valence-electron chi connectivity index (χ2n) is 3.56. The highest BCUT2D eigenvalue weighted by atomic mass is 16.5. The SMILES string of the molecule is COc1ccccc1C(=O)Oc1ccccc1O. The maximum absolute atomic E-state index is 11.9. The van der Waals surface area contributed by atoms with Gasteiger partial charge in [-0.15, -0.1) is 0 Å². The molecule has 0 unspecified atom stereocenters. The Balaban J connectivity index is 2.25. The van der Waals surface area contributed by atoms with Gasteiger partial charge in [0.15, 0.2) is 11.5 Å². The van der Waals surface area contributed by atoms with Gasteiger partial charge in [-0.1, -0.05) is 24.3 Å². The molecule has 0 aliphatic carbocycles. The van der Waals surface area contributed by atoms with Crippen molar-refractivity contribution in [2.45, 2.75) is 0 Å². The van der Waals surface area contributed by atoms with Crippen molar-refractivity contribution in [3.63, 3.8) is 0 Å². The third kappa shape index (κ3) is 2.43. The average Bonchev–Trinajstić information content (AvgIpc) is 2.41. The molecule has 92 valence electrons. The summed E-state index contributed by atoms with van der Waals surface area (Å²) in [5, 5.41) is 9.52. The minimum absolute atomic E-state index is 0.0826. The molecule has 0 fully saturated rings. The molecule has 0 spiro atoms. The van der Waals surface area contributed by atoms with E-state index in [1.54, 1.807) is 36.4 Å². The molecule has 0 heterocycles. The van der Waals surface area contributed by atoms with Crippen molar-refractivity contribution < 1.29 is 19.4 Å². The molecule has 0 saturated carbocycles.